The molecule has 2 atom stereocenters. The van der Waals surface area contributed by atoms with E-state index in [1.807, 2.05) is 21.1 Å². The summed E-state index contributed by atoms with van der Waals surface area (Å²) in [5.41, 5.74) is 0. The smallest absolute Gasteiger partial charge is 0.306 e. The Hall–Kier alpha value is -3.59. The number of hydrogen-bond acceptors (Lipinski definition) is 8. The fourth-order valence-electron chi connectivity index (χ4n) is 6.76. The van der Waals surface area contributed by atoms with Gasteiger partial charge in [0.2, 0.25) is 0 Å². The lowest BCUT2D eigenvalue weighted by atomic mass is 10.1. The average molecular weight is 994 g/mol. The van der Waals surface area contributed by atoms with Crippen molar-refractivity contribution in [2.24, 2.45) is 0 Å². The first kappa shape index (κ1) is 66.4. The van der Waals surface area contributed by atoms with Gasteiger partial charge in [-0.05, 0) is 109 Å². The summed E-state index contributed by atoms with van der Waals surface area (Å²) in [4.78, 5) is 37.7. The third kappa shape index (κ3) is 53.8. The van der Waals surface area contributed by atoms with Crippen molar-refractivity contribution in [3.63, 3.8) is 0 Å². The predicted octanol–water partition coefficient (Wildman–Crippen LogP) is 16.2. The van der Waals surface area contributed by atoms with Gasteiger partial charge in [-0.15, -0.1) is 0 Å². The topological polar surface area (TPSA) is 111 Å². The van der Waals surface area contributed by atoms with Crippen LogP contribution >= 0.6 is 7.82 Å². The molecule has 70 heavy (non-hydrogen) atoms. The molecule has 0 saturated carbocycles. The fraction of sp³-hybridized carbons (Fsp3) is 0.633. The van der Waals surface area contributed by atoms with Crippen LogP contribution < -0.4 is 4.89 Å². The van der Waals surface area contributed by atoms with Crippen molar-refractivity contribution in [3.8, 4) is 0 Å². The summed E-state index contributed by atoms with van der Waals surface area (Å²) in [7, 11) is 1.13. The summed E-state index contributed by atoms with van der Waals surface area (Å²) in [6.45, 7) is 4.05. The summed E-state index contributed by atoms with van der Waals surface area (Å²) < 4.78 is 34.0. The highest BCUT2D eigenvalue weighted by Gasteiger charge is 2.21. The zero-order valence-electron chi connectivity index (χ0n) is 44.9. The summed E-state index contributed by atoms with van der Waals surface area (Å²) in [6.07, 6.45) is 71.0. The Bertz CT molecular complexity index is 1590. The maximum atomic E-state index is 12.8. The van der Waals surface area contributed by atoms with Crippen LogP contribution in [0.15, 0.2) is 122 Å². The monoisotopic (exact) mass is 994 g/mol. The lowest BCUT2D eigenvalue weighted by molar-refractivity contribution is -0.870. The molecule has 0 spiro atoms. The van der Waals surface area contributed by atoms with E-state index in [1.54, 1.807) is 0 Å². The molecule has 9 nitrogen and oxygen atoms in total. The molecule has 0 N–H and O–H groups in total. The van der Waals surface area contributed by atoms with Crippen LogP contribution in [0.5, 0.6) is 0 Å². The number of likely N-dealkylation sites (N-methyl/N-ethyl adjacent to an activating group) is 1. The van der Waals surface area contributed by atoms with E-state index in [2.05, 4.69) is 135 Å². The van der Waals surface area contributed by atoms with Crippen LogP contribution in [0.1, 0.15) is 194 Å². The number of carbonyl (C=O) groups excluding carboxylic acids is 2. The number of allylic oxidation sites excluding steroid dienone is 20. The number of rotatable bonds is 48. The van der Waals surface area contributed by atoms with Crippen molar-refractivity contribution in [3.05, 3.63) is 122 Å². The maximum absolute atomic E-state index is 12.8. The van der Waals surface area contributed by atoms with Crippen LogP contribution in [0.2, 0.25) is 0 Å². The van der Waals surface area contributed by atoms with Crippen LogP contribution in [-0.2, 0) is 32.7 Å². The summed E-state index contributed by atoms with van der Waals surface area (Å²) in [6, 6.07) is 0. The third-order valence-corrected chi connectivity index (χ3v) is 11.9. The molecule has 2 unspecified atom stereocenters. The maximum Gasteiger partial charge on any atom is 0.306 e. The predicted molar refractivity (Wildman–Crippen MR) is 295 cm³/mol. The molecule has 0 aliphatic carbocycles. The molecule has 0 aromatic carbocycles. The summed E-state index contributed by atoms with van der Waals surface area (Å²) in [5.74, 6) is -0.876. The molecule has 0 aliphatic heterocycles. The van der Waals surface area contributed by atoms with Gasteiger partial charge in [0.25, 0.3) is 7.82 Å². The van der Waals surface area contributed by atoms with Gasteiger partial charge in [0.15, 0.2) is 6.10 Å². The van der Waals surface area contributed by atoms with Gasteiger partial charge in [0.1, 0.15) is 19.8 Å². The molecule has 0 aliphatic rings. The molecule has 398 valence electrons. The second-order valence-corrected chi connectivity index (χ2v) is 20.3. The first-order valence-electron chi connectivity index (χ1n) is 27.2. The highest BCUT2D eigenvalue weighted by atomic mass is 31.2. The Morgan fingerprint density at radius 1 is 0.457 bits per heavy atom. The molecular formula is C60H100NO8P. The van der Waals surface area contributed by atoms with Crippen LogP contribution in [-0.4, -0.2) is 70.0 Å². The molecule has 0 fully saturated rings. The van der Waals surface area contributed by atoms with Crippen molar-refractivity contribution in [2.75, 3.05) is 47.5 Å². The number of nitrogens with zero attached hydrogens (tertiary/aromatic N) is 1. The minimum absolute atomic E-state index is 0.0427. The second-order valence-electron chi connectivity index (χ2n) is 18.9. The number of quaternary nitrogens is 1. The van der Waals surface area contributed by atoms with Gasteiger partial charge in [-0.3, -0.25) is 14.2 Å². The molecule has 0 heterocycles. The van der Waals surface area contributed by atoms with E-state index in [-0.39, 0.29) is 26.1 Å². The molecule has 0 aromatic rings. The summed E-state index contributed by atoms with van der Waals surface area (Å²) >= 11 is 0. The Morgan fingerprint density at radius 3 is 1.23 bits per heavy atom. The zero-order chi connectivity index (χ0) is 51.3. The first-order chi connectivity index (χ1) is 34.0. The molecule has 0 rings (SSSR count). The molecule has 0 radical (unpaired) electrons. The van der Waals surface area contributed by atoms with Gasteiger partial charge >= 0.3 is 11.9 Å². The largest absolute Gasteiger partial charge is 0.756 e. The number of phosphoric ester groups is 1. The van der Waals surface area contributed by atoms with Crippen molar-refractivity contribution in [2.45, 2.75) is 200 Å². The SMILES string of the molecule is CC/C=C\C/C=C\C/C=C\C/C=C\C/C=C\C/C=C\C/C=C\C/C=C\C/C=C\CCCCCCCC(=O)OC(COC(=O)CCCCCCC/C=C\CCCCCC)COP(=O)([O-])OCC[N+](C)(C)C. The number of unbranched alkanes of at least 4 members (excludes halogenated alkanes) is 14. The van der Waals surface area contributed by atoms with Crippen molar-refractivity contribution in [1.29, 1.82) is 0 Å². The van der Waals surface area contributed by atoms with Crippen molar-refractivity contribution < 1.29 is 42.1 Å². The van der Waals surface area contributed by atoms with Gasteiger partial charge in [-0.25, -0.2) is 0 Å². The van der Waals surface area contributed by atoms with E-state index in [9.17, 15) is 19.0 Å². The second kappa shape index (κ2) is 50.4. The molecule has 0 amide bonds. The summed E-state index contributed by atoms with van der Waals surface area (Å²) in [5, 5.41) is 0. The van der Waals surface area contributed by atoms with Crippen molar-refractivity contribution in [1.82, 2.24) is 0 Å². The highest BCUT2D eigenvalue weighted by molar-refractivity contribution is 7.45. The van der Waals surface area contributed by atoms with Gasteiger partial charge in [-0.1, -0.05) is 193 Å². The van der Waals surface area contributed by atoms with E-state index < -0.39 is 32.5 Å². The van der Waals surface area contributed by atoms with Gasteiger partial charge < -0.3 is 27.9 Å². The molecular weight excluding hydrogens is 894 g/mol. The Labute approximate surface area is 428 Å². The Balaban J connectivity index is 4.25. The Kier molecular flexibility index (Phi) is 47.8. The molecule has 10 heteroatoms. The highest BCUT2D eigenvalue weighted by Crippen LogP contribution is 2.38. The fourth-order valence-corrected chi connectivity index (χ4v) is 7.49. The minimum Gasteiger partial charge on any atom is -0.756 e. The van der Waals surface area contributed by atoms with Crippen molar-refractivity contribution >= 4 is 19.8 Å². The van der Waals surface area contributed by atoms with E-state index in [1.165, 1.54) is 32.1 Å². The Morgan fingerprint density at radius 2 is 0.814 bits per heavy atom. The zero-order valence-corrected chi connectivity index (χ0v) is 45.8. The minimum atomic E-state index is -4.65. The lowest BCUT2D eigenvalue weighted by Crippen LogP contribution is -2.37. The van der Waals surface area contributed by atoms with E-state index >= 15 is 0 Å². The first-order valence-corrected chi connectivity index (χ1v) is 28.7. The van der Waals surface area contributed by atoms with E-state index in [4.69, 9.17) is 18.5 Å². The standard InChI is InChI=1S/C60H100NO8P/c1-6-8-10-12-14-16-18-20-21-22-23-24-25-26-27-28-29-30-31-32-33-34-35-36-37-38-39-41-43-45-47-49-51-53-60(63)69-58(57-68-70(64,65)67-55-54-61(3,4)5)56-66-59(62)52-50-48-46-44-42-40-19-17-15-13-11-9-7-2/h8,10,14,16-17,19-21,23-24,26-27,29-30,32-33,35-36,38-39,58H,6-7,9,11-13,15,18,22,25,28,31,34,37,40-57H2,1-5H3/b10-8-,16-14-,19-17-,21-20-,24-23-,27-26-,30-29-,33-32-,36-35-,39-38-. The van der Waals surface area contributed by atoms with Crippen LogP contribution in [0, 0.1) is 0 Å². The van der Waals surface area contributed by atoms with Crippen LogP contribution in [0.3, 0.4) is 0 Å². The van der Waals surface area contributed by atoms with E-state index in [0.717, 1.165) is 122 Å². The molecule has 0 saturated heterocycles. The average Bonchev–Trinajstić information content (AvgIpc) is 3.32. The number of esters is 2. The van der Waals surface area contributed by atoms with Gasteiger partial charge in [-0.2, -0.15) is 0 Å². The van der Waals surface area contributed by atoms with Crippen LogP contribution in [0.25, 0.3) is 0 Å². The lowest BCUT2D eigenvalue weighted by Gasteiger charge is -2.28. The number of carbonyl (C=O) groups is 2. The van der Waals surface area contributed by atoms with Crippen LogP contribution in [0.4, 0.5) is 0 Å². The van der Waals surface area contributed by atoms with Gasteiger partial charge in [0, 0.05) is 12.8 Å². The third-order valence-electron chi connectivity index (χ3n) is 11.0. The molecule has 0 bridgehead atoms. The van der Waals surface area contributed by atoms with Gasteiger partial charge in [0.05, 0.1) is 27.7 Å². The normalized spacial score (nSPS) is 14.3. The number of ether oxygens (including phenoxy) is 2. The number of phosphoric acid groups is 1. The van der Waals surface area contributed by atoms with E-state index in [0.29, 0.717) is 23.9 Å². The molecule has 0 aromatic heterocycles. The number of hydrogen-bond donors (Lipinski definition) is 0. The quantitative estimate of drug-likeness (QED) is 0.0195.